The third-order valence-electron chi connectivity index (χ3n) is 5.21. The van der Waals surface area contributed by atoms with Gasteiger partial charge in [0.15, 0.2) is 0 Å². The number of fused-ring (bicyclic) bond motifs is 2. The number of nitrogens with zero attached hydrogens (tertiary/aromatic N) is 1. The molecule has 2 heterocycles. The fourth-order valence-corrected chi connectivity index (χ4v) is 4.62. The Morgan fingerprint density at radius 2 is 1.75 bits per heavy atom. The van der Waals surface area contributed by atoms with Crippen LogP contribution in [0.1, 0.15) is 16.2 Å². The minimum atomic E-state index is -0.550. The second kappa shape index (κ2) is 8.28. The minimum Gasteiger partial charge on any atom is -0.496 e. The third kappa shape index (κ3) is 3.63. The van der Waals surface area contributed by atoms with E-state index in [0.717, 1.165) is 21.9 Å². The van der Waals surface area contributed by atoms with E-state index >= 15 is 0 Å². The zero-order valence-electron chi connectivity index (χ0n) is 17.1. The third-order valence-corrected chi connectivity index (χ3v) is 6.08. The maximum absolute atomic E-state index is 12.8. The molecule has 0 aliphatic heterocycles. The van der Waals surface area contributed by atoms with Crippen molar-refractivity contribution in [2.24, 2.45) is 0 Å². The normalized spacial score (nSPS) is 11.0. The molecule has 158 valence electrons. The van der Waals surface area contributed by atoms with Crippen LogP contribution < -0.4 is 10.3 Å². The average molecular weight is 442 g/mol. The molecule has 0 saturated heterocycles. The number of esters is 1. The van der Waals surface area contributed by atoms with Gasteiger partial charge in [-0.05, 0) is 28.5 Å². The molecule has 0 aliphatic carbocycles. The first kappa shape index (κ1) is 20.0. The van der Waals surface area contributed by atoms with E-state index in [1.165, 1.54) is 18.4 Å². The lowest BCUT2D eigenvalue weighted by Gasteiger charge is -2.10. The average Bonchev–Trinajstić information content (AvgIpc) is 3.27. The number of carbonyl (C=O) groups excluding carboxylic acids is 1. The molecule has 0 spiro atoms. The molecule has 5 aromatic rings. The molecule has 0 aliphatic rings. The number of nitrogens with one attached hydrogen (secondary N) is 1. The van der Waals surface area contributed by atoms with Crippen molar-refractivity contribution in [2.75, 3.05) is 7.11 Å². The summed E-state index contributed by atoms with van der Waals surface area (Å²) in [6.45, 7) is -0.154. The summed E-state index contributed by atoms with van der Waals surface area (Å²) in [7, 11) is 1.51. The molecule has 0 atom stereocenters. The summed E-state index contributed by atoms with van der Waals surface area (Å²) in [6, 6.07) is 20.9. The number of ether oxygens (including phenoxy) is 2. The first-order valence-corrected chi connectivity index (χ1v) is 10.8. The van der Waals surface area contributed by atoms with Gasteiger partial charge in [0.2, 0.25) is 0 Å². The van der Waals surface area contributed by atoms with Crippen molar-refractivity contribution in [3.63, 3.8) is 0 Å². The van der Waals surface area contributed by atoms with E-state index in [4.69, 9.17) is 9.47 Å². The molecule has 6 nitrogen and oxygen atoms in total. The lowest BCUT2D eigenvalue weighted by atomic mass is 10.1. The zero-order valence-corrected chi connectivity index (χ0v) is 17.9. The fraction of sp³-hybridized carbons (Fsp3) is 0.0800. The predicted molar refractivity (Wildman–Crippen MR) is 125 cm³/mol. The molecule has 7 heteroatoms. The van der Waals surface area contributed by atoms with Gasteiger partial charge >= 0.3 is 5.97 Å². The summed E-state index contributed by atoms with van der Waals surface area (Å²) >= 11 is 1.38. The van der Waals surface area contributed by atoms with Crippen LogP contribution in [0.15, 0.2) is 76.9 Å². The molecule has 0 bridgehead atoms. The highest BCUT2D eigenvalue weighted by atomic mass is 32.1. The highest BCUT2D eigenvalue weighted by molar-refractivity contribution is 7.17. The van der Waals surface area contributed by atoms with E-state index in [1.807, 2.05) is 60.0 Å². The van der Waals surface area contributed by atoms with Gasteiger partial charge in [-0.2, -0.15) is 0 Å². The summed E-state index contributed by atoms with van der Waals surface area (Å²) < 4.78 is 10.8. The Bertz CT molecular complexity index is 1510. The van der Waals surface area contributed by atoms with Crippen molar-refractivity contribution in [1.82, 2.24) is 9.97 Å². The van der Waals surface area contributed by atoms with Crippen molar-refractivity contribution < 1.29 is 14.3 Å². The Labute approximate surface area is 187 Å². The zero-order chi connectivity index (χ0) is 22.1. The van der Waals surface area contributed by atoms with Crippen LogP contribution in [0.5, 0.6) is 5.75 Å². The van der Waals surface area contributed by atoms with Gasteiger partial charge < -0.3 is 14.5 Å². The van der Waals surface area contributed by atoms with Crippen molar-refractivity contribution >= 4 is 38.3 Å². The van der Waals surface area contributed by atoms with Crippen LogP contribution in [0.4, 0.5) is 0 Å². The van der Waals surface area contributed by atoms with Gasteiger partial charge in [-0.3, -0.25) is 4.79 Å². The van der Waals surface area contributed by atoms with Crippen LogP contribution in [-0.2, 0) is 11.3 Å². The minimum absolute atomic E-state index is 0.154. The van der Waals surface area contributed by atoms with E-state index in [-0.39, 0.29) is 18.0 Å². The van der Waals surface area contributed by atoms with Crippen LogP contribution >= 0.6 is 11.3 Å². The number of carbonyl (C=O) groups is 1. The van der Waals surface area contributed by atoms with Crippen LogP contribution in [0.2, 0.25) is 0 Å². The number of methoxy groups -OCH3 is 1. The van der Waals surface area contributed by atoms with Crippen LogP contribution in [-0.4, -0.2) is 23.0 Å². The fourth-order valence-electron chi connectivity index (χ4n) is 3.65. The van der Waals surface area contributed by atoms with E-state index in [1.54, 1.807) is 12.1 Å². The van der Waals surface area contributed by atoms with Gasteiger partial charge in [0, 0.05) is 10.9 Å². The molecule has 3 aromatic carbocycles. The lowest BCUT2D eigenvalue weighted by Crippen LogP contribution is -2.14. The molecule has 0 saturated carbocycles. The molecular weight excluding hydrogens is 424 g/mol. The van der Waals surface area contributed by atoms with Gasteiger partial charge in [-0.1, -0.05) is 54.6 Å². The summed E-state index contributed by atoms with van der Waals surface area (Å²) in [4.78, 5) is 33.4. The highest BCUT2D eigenvalue weighted by Gasteiger charge is 2.17. The van der Waals surface area contributed by atoms with Gasteiger partial charge in [0.1, 0.15) is 28.6 Å². The first-order valence-electron chi connectivity index (χ1n) is 9.94. The van der Waals surface area contributed by atoms with Crippen molar-refractivity contribution in [3.8, 4) is 16.9 Å². The Balaban J connectivity index is 1.42. The number of benzene rings is 3. The summed E-state index contributed by atoms with van der Waals surface area (Å²) in [5.74, 6) is 0.167. The van der Waals surface area contributed by atoms with Crippen molar-refractivity contribution in [2.45, 2.75) is 6.61 Å². The Morgan fingerprint density at radius 1 is 1.03 bits per heavy atom. The lowest BCUT2D eigenvalue weighted by molar-refractivity contribution is 0.0459. The summed E-state index contributed by atoms with van der Waals surface area (Å²) in [5, 5.41) is 4.31. The molecule has 32 heavy (non-hydrogen) atoms. The predicted octanol–water partition coefficient (Wildman–Crippen LogP) is 5.17. The highest BCUT2D eigenvalue weighted by Crippen LogP contribution is 2.31. The molecule has 0 fully saturated rings. The standard InChI is InChI=1S/C25H18N2O4S/c1-30-20-12-17-10-6-5-9-16(17)11-18(20)25(29)31-13-21-26-23(28)22-19(14-32-24(22)27-21)15-7-3-2-4-8-15/h2-12,14H,13H2,1H3,(H,26,27,28). The van der Waals surface area contributed by atoms with Gasteiger partial charge in [0.05, 0.1) is 12.5 Å². The second-order valence-electron chi connectivity index (χ2n) is 7.18. The molecular formula is C25H18N2O4S. The maximum atomic E-state index is 12.8. The number of thiophene rings is 1. The van der Waals surface area contributed by atoms with Crippen molar-refractivity contribution in [1.29, 1.82) is 0 Å². The molecule has 0 unspecified atom stereocenters. The molecule has 2 aromatic heterocycles. The molecule has 1 N–H and O–H groups in total. The number of hydrogen-bond acceptors (Lipinski definition) is 6. The van der Waals surface area contributed by atoms with Crippen molar-refractivity contribution in [3.05, 3.63) is 93.9 Å². The van der Waals surface area contributed by atoms with Gasteiger partial charge in [-0.25, -0.2) is 9.78 Å². The second-order valence-corrected chi connectivity index (χ2v) is 8.04. The number of aromatic amines is 1. The smallest absolute Gasteiger partial charge is 0.342 e. The topological polar surface area (TPSA) is 81.3 Å². The maximum Gasteiger partial charge on any atom is 0.342 e. The Morgan fingerprint density at radius 3 is 2.50 bits per heavy atom. The van der Waals surface area contributed by atoms with Crippen LogP contribution in [0.3, 0.4) is 0 Å². The van der Waals surface area contributed by atoms with Crippen LogP contribution in [0, 0.1) is 0 Å². The number of H-pyrrole nitrogens is 1. The van der Waals surface area contributed by atoms with E-state index in [2.05, 4.69) is 9.97 Å². The molecule has 0 radical (unpaired) electrons. The largest absolute Gasteiger partial charge is 0.496 e. The quantitative estimate of drug-likeness (QED) is 0.380. The number of hydrogen-bond donors (Lipinski definition) is 1. The van der Waals surface area contributed by atoms with E-state index in [0.29, 0.717) is 21.5 Å². The Kier molecular flexibility index (Phi) is 5.17. The first-order chi connectivity index (χ1) is 15.6. The number of rotatable bonds is 5. The number of aromatic nitrogens is 2. The monoisotopic (exact) mass is 442 g/mol. The van der Waals surface area contributed by atoms with Crippen LogP contribution in [0.25, 0.3) is 32.1 Å². The SMILES string of the molecule is COc1cc2ccccc2cc1C(=O)OCc1nc2scc(-c3ccccc3)c2c(=O)[nH]1. The van der Waals surface area contributed by atoms with Gasteiger partial charge in [0.25, 0.3) is 5.56 Å². The van der Waals surface area contributed by atoms with E-state index < -0.39 is 5.97 Å². The summed E-state index contributed by atoms with van der Waals surface area (Å²) in [6.07, 6.45) is 0. The molecule has 5 rings (SSSR count). The van der Waals surface area contributed by atoms with Gasteiger partial charge in [-0.15, -0.1) is 11.3 Å². The van der Waals surface area contributed by atoms with E-state index in [9.17, 15) is 9.59 Å². The molecule has 0 amide bonds. The Hall–Kier alpha value is -3.97. The summed E-state index contributed by atoms with van der Waals surface area (Å²) in [5.41, 5.74) is 1.85.